The summed E-state index contributed by atoms with van der Waals surface area (Å²) in [6.45, 7) is 0.330. The fourth-order valence-corrected chi connectivity index (χ4v) is 2.51. The first-order valence-corrected chi connectivity index (χ1v) is 8.32. The molecule has 0 saturated carbocycles. The standard InChI is InChI=1S/C19H17F3N4O2/c20-19(21,22)13-3-1-4-14(9-13)26-18(28)15-5-2-8-23-17(15)25-11-12-6-7-16(27)24-10-12/h1-10,16,24,27H,11H2,(H,23,25)(H,26,28). The van der Waals surface area contributed by atoms with Crippen LogP contribution in [0.25, 0.3) is 0 Å². The van der Waals surface area contributed by atoms with Gasteiger partial charge in [-0.2, -0.15) is 13.2 Å². The third kappa shape index (κ3) is 4.89. The van der Waals surface area contributed by atoms with Gasteiger partial charge in [0.05, 0.1) is 11.1 Å². The summed E-state index contributed by atoms with van der Waals surface area (Å²) < 4.78 is 38.5. The van der Waals surface area contributed by atoms with E-state index in [4.69, 9.17) is 0 Å². The first-order valence-electron chi connectivity index (χ1n) is 8.32. The fraction of sp³-hybridized carbons (Fsp3) is 0.158. The average molecular weight is 390 g/mol. The van der Waals surface area contributed by atoms with Crippen LogP contribution in [0, 0.1) is 0 Å². The summed E-state index contributed by atoms with van der Waals surface area (Å²) in [4.78, 5) is 16.7. The highest BCUT2D eigenvalue weighted by molar-refractivity contribution is 6.07. The Morgan fingerprint density at radius 1 is 1.25 bits per heavy atom. The van der Waals surface area contributed by atoms with Crippen LogP contribution in [0.3, 0.4) is 0 Å². The molecule has 0 saturated heterocycles. The van der Waals surface area contributed by atoms with Gasteiger partial charge >= 0.3 is 6.18 Å². The molecule has 0 spiro atoms. The Morgan fingerprint density at radius 2 is 2.07 bits per heavy atom. The van der Waals surface area contributed by atoms with Crippen LogP contribution in [0.5, 0.6) is 0 Å². The van der Waals surface area contributed by atoms with E-state index in [9.17, 15) is 23.1 Å². The van der Waals surface area contributed by atoms with Crippen molar-refractivity contribution in [1.82, 2.24) is 10.3 Å². The first-order chi connectivity index (χ1) is 13.3. The molecule has 0 radical (unpaired) electrons. The molecular formula is C19H17F3N4O2. The average Bonchev–Trinajstić information content (AvgIpc) is 2.67. The number of nitrogens with zero attached hydrogens (tertiary/aromatic N) is 1. The highest BCUT2D eigenvalue weighted by atomic mass is 19.4. The molecule has 1 aliphatic heterocycles. The molecule has 9 heteroatoms. The number of rotatable bonds is 5. The summed E-state index contributed by atoms with van der Waals surface area (Å²) in [5, 5.41) is 17.5. The number of dihydropyridines is 1. The maximum Gasteiger partial charge on any atom is 0.416 e. The molecule has 0 aliphatic carbocycles. The van der Waals surface area contributed by atoms with Crippen LogP contribution in [0.1, 0.15) is 15.9 Å². The van der Waals surface area contributed by atoms with E-state index < -0.39 is 23.9 Å². The quantitative estimate of drug-likeness (QED) is 0.630. The number of benzene rings is 1. The van der Waals surface area contributed by atoms with Crippen LogP contribution in [0.4, 0.5) is 24.7 Å². The van der Waals surface area contributed by atoms with Crippen LogP contribution in [-0.2, 0) is 6.18 Å². The van der Waals surface area contributed by atoms with E-state index in [-0.39, 0.29) is 17.1 Å². The van der Waals surface area contributed by atoms with Crippen LogP contribution in [-0.4, -0.2) is 28.8 Å². The number of hydrogen-bond acceptors (Lipinski definition) is 5. The molecule has 0 fully saturated rings. The van der Waals surface area contributed by atoms with Crippen molar-refractivity contribution in [2.75, 3.05) is 17.2 Å². The highest BCUT2D eigenvalue weighted by Crippen LogP contribution is 2.30. The van der Waals surface area contributed by atoms with Crippen LogP contribution >= 0.6 is 0 Å². The van der Waals surface area contributed by atoms with Gasteiger partial charge in [0.25, 0.3) is 5.91 Å². The molecule has 2 heterocycles. The summed E-state index contributed by atoms with van der Waals surface area (Å²) in [6, 6.07) is 7.49. The number of aliphatic hydroxyl groups is 1. The summed E-state index contributed by atoms with van der Waals surface area (Å²) in [7, 11) is 0. The summed E-state index contributed by atoms with van der Waals surface area (Å²) in [5.74, 6) is -0.302. The number of halogens is 3. The van der Waals surface area contributed by atoms with Gasteiger partial charge in [-0.15, -0.1) is 0 Å². The molecule has 0 bridgehead atoms. The van der Waals surface area contributed by atoms with Crippen molar-refractivity contribution in [2.24, 2.45) is 0 Å². The van der Waals surface area contributed by atoms with Gasteiger partial charge < -0.3 is 21.1 Å². The van der Waals surface area contributed by atoms with Gasteiger partial charge in [0.1, 0.15) is 12.0 Å². The molecule has 3 rings (SSSR count). The van der Waals surface area contributed by atoms with Crippen LogP contribution in [0.2, 0.25) is 0 Å². The molecule has 28 heavy (non-hydrogen) atoms. The van der Waals surface area contributed by atoms with Crippen molar-refractivity contribution in [3.63, 3.8) is 0 Å². The van der Waals surface area contributed by atoms with E-state index in [2.05, 4.69) is 20.9 Å². The number of aromatic nitrogens is 1. The molecule has 1 atom stereocenters. The van der Waals surface area contributed by atoms with Crippen molar-refractivity contribution >= 4 is 17.4 Å². The molecule has 1 aliphatic rings. The van der Waals surface area contributed by atoms with Crippen molar-refractivity contribution in [1.29, 1.82) is 0 Å². The third-order valence-corrected chi connectivity index (χ3v) is 3.89. The summed E-state index contributed by atoms with van der Waals surface area (Å²) in [5.41, 5.74) is 0.194. The van der Waals surface area contributed by atoms with Gasteiger partial charge in [-0.3, -0.25) is 4.79 Å². The Balaban J connectivity index is 1.72. The van der Waals surface area contributed by atoms with Crippen LogP contribution in [0.15, 0.2) is 66.5 Å². The minimum atomic E-state index is -4.50. The molecule has 146 valence electrons. The number of amides is 1. The van der Waals surface area contributed by atoms with Crippen molar-refractivity contribution in [2.45, 2.75) is 12.4 Å². The maximum atomic E-state index is 12.8. The second kappa shape index (κ2) is 8.13. The van der Waals surface area contributed by atoms with Crippen LogP contribution < -0.4 is 16.0 Å². The number of anilines is 2. The fourth-order valence-electron chi connectivity index (χ4n) is 2.51. The zero-order valence-electron chi connectivity index (χ0n) is 14.5. The smallest absolute Gasteiger partial charge is 0.370 e. The lowest BCUT2D eigenvalue weighted by atomic mass is 10.1. The lowest BCUT2D eigenvalue weighted by Gasteiger charge is -2.15. The van der Waals surface area contributed by atoms with E-state index in [0.29, 0.717) is 6.54 Å². The van der Waals surface area contributed by atoms with Gasteiger partial charge in [-0.05, 0) is 42.0 Å². The SMILES string of the molecule is O=C(Nc1cccc(C(F)(F)F)c1)c1cccnc1NCC1=CNC(O)C=C1. The molecule has 1 unspecified atom stereocenters. The molecule has 1 amide bonds. The predicted molar refractivity (Wildman–Crippen MR) is 98.5 cm³/mol. The Labute approximate surface area is 158 Å². The van der Waals surface area contributed by atoms with Crippen molar-refractivity contribution in [3.05, 3.63) is 77.6 Å². The van der Waals surface area contributed by atoms with E-state index in [0.717, 1.165) is 17.7 Å². The van der Waals surface area contributed by atoms with Gasteiger partial charge in [-0.25, -0.2) is 4.98 Å². The number of aliphatic hydroxyl groups excluding tert-OH is 1. The van der Waals surface area contributed by atoms with Gasteiger partial charge in [0.2, 0.25) is 0 Å². The Bertz CT molecular complexity index is 925. The number of carbonyl (C=O) groups excluding carboxylic acids is 1. The van der Waals surface area contributed by atoms with Gasteiger partial charge in [0, 0.05) is 24.6 Å². The number of nitrogens with one attached hydrogen (secondary N) is 3. The molecule has 2 aromatic rings. The largest absolute Gasteiger partial charge is 0.416 e. The van der Waals surface area contributed by atoms with E-state index in [1.54, 1.807) is 24.4 Å². The molecule has 6 nitrogen and oxygen atoms in total. The normalized spacial score (nSPS) is 16.1. The topological polar surface area (TPSA) is 86.3 Å². The third-order valence-electron chi connectivity index (χ3n) is 3.89. The zero-order valence-corrected chi connectivity index (χ0v) is 14.5. The lowest BCUT2D eigenvalue weighted by molar-refractivity contribution is -0.137. The Morgan fingerprint density at radius 3 is 2.79 bits per heavy atom. The lowest BCUT2D eigenvalue weighted by Crippen LogP contribution is -2.25. The Hall–Kier alpha value is -3.33. The first kappa shape index (κ1) is 19.4. The minimum absolute atomic E-state index is 0.0331. The minimum Gasteiger partial charge on any atom is -0.370 e. The molecule has 1 aromatic carbocycles. The predicted octanol–water partition coefficient (Wildman–Crippen LogP) is 3.13. The summed E-state index contributed by atoms with van der Waals surface area (Å²) >= 11 is 0. The second-order valence-electron chi connectivity index (χ2n) is 5.98. The van der Waals surface area contributed by atoms with E-state index >= 15 is 0 Å². The zero-order chi connectivity index (χ0) is 20.1. The van der Waals surface area contributed by atoms with Crippen molar-refractivity contribution in [3.8, 4) is 0 Å². The number of pyridine rings is 1. The molecular weight excluding hydrogens is 373 g/mol. The summed E-state index contributed by atoms with van der Waals surface area (Å²) in [6.07, 6.45) is 1.17. The van der Waals surface area contributed by atoms with Gasteiger partial charge in [-0.1, -0.05) is 12.1 Å². The van der Waals surface area contributed by atoms with Crippen molar-refractivity contribution < 1.29 is 23.1 Å². The second-order valence-corrected chi connectivity index (χ2v) is 5.98. The molecule has 4 N–H and O–H groups in total. The number of alkyl halides is 3. The molecule has 1 aromatic heterocycles. The number of hydrogen-bond donors (Lipinski definition) is 4. The maximum absolute atomic E-state index is 12.8. The van der Waals surface area contributed by atoms with E-state index in [1.807, 2.05) is 0 Å². The van der Waals surface area contributed by atoms with E-state index in [1.165, 1.54) is 24.4 Å². The monoisotopic (exact) mass is 390 g/mol. The van der Waals surface area contributed by atoms with Gasteiger partial charge in [0.15, 0.2) is 0 Å². The highest BCUT2D eigenvalue weighted by Gasteiger charge is 2.30. The number of carbonyl (C=O) groups is 1. The Kier molecular flexibility index (Phi) is 5.65.